The molecule has 0 aliphatic heterocycles. The third-order valence-corrected chi connectivity index (χ3v) is 8.58. The maximum Gasteiger partial charge on any atom is 0.191 e. The highest BCUT2D eigenvalue weighted by molar-refractivity contribution is 6.74. The third-order valence-electron chi connectivity index (χ3n) is 4.04. The second-order valence-electron chi connectivity index (χ2n) is 6.97. The number of allylic oxidation sites excluding steroid dienone is 3. The summed E-state index contributed by atoms with van der Waals surface area (Å²) in [6.45, 7) is 14.4. The average Bonchev–Trinajstić information content (AvgIpc) is 2.36. The van der Waals surface area contributed by atoms with Crippen LogP contribution in [0.5, 0.6) is 0 Å². The van der Waals surface area contributed by atoms with Gasteiger partial charge in [-0.2, -0.15) is 0 Å². The maximum absolute atomic E-state index is 7.83. The SMILES string of the molecule is [2H]/C(=C/C/C=C\CCO[Si](C)(C)C(C)(C)C)CCCCC. The van der Waals surface area contributed by atoms with Gasteiger partial charge in [-0.15, -0.1) is 0 Å². The Morgan fingerprint density at radius 2 is 1.75 bits per heavy atom. The van der Waals surface area contributed by atoms with Crippen LogP contribution in [-0.2, 0) is 4.43 Å². The fourth-order valence-electron chi connectivity index (χ4n) is 1.54. The van der Waals surface area contributed by atoms with Crippen molar-refractivity contribution in [3.8, 4) is 0 Å². The van der Waals surface area contributed by atoms with Crippen LogP contribution in [-0.4, -0.2) is 14.9 Å². The standard InChI is InChI=1S/C18H36OSi/c1-7-8-9-10-11-12-13-14-15-16-17-19-20(5,6)18(2,3)4/h11-12,14-15H,7-10,13,16-17H2,1-6H3/b12-11-,15-14-/i11D. The molecule has 0 radical (unpaired) electrons. The Labute approximate surface area is 130 Å². The van der Waals surface area contributed by atoms with Crippen molar-refractivity contribution in [2.24, 2.45) is 0 Å². The van der Waals surface area contributed by atoms with E-state index in [4.69, 9.17) is 5.80 Å². The zero-order valence-electron chi connectivity index (χ0n) is 15.6. The van der Waals surface area contributed by atoms with Gasteiger partial charge in [0.2, 0.25) is 0 Å². The Morgan fingerprint density at radius 3 is 2.35 bits per heavy atom. The molecule has 118 valence electrons. The van der Waals surface area contributed by atoms with E-state index in [1.54, 1.807) is 0 Å². The monoisotopic (exact) mass is 297 g/mol. The molecule has 0 fully saturated rings. The van der Waals surface area contributed by atoms with Crippen LogP contribution < -0.4 is 0 Å². The molecule has 0 aromatic heterocycles. The number of hydrogen-bond donors (Lipinski definition) is 0. The van der Waals surface area contributed by atoms with Gasteiger partial charge in [-0.25, -0.2) is 0 Å². The number of hydrogen-bond acceptors (Lipinski definition) is 1. The van der Waals surface area contributed by atoms with Gasteiger partial charge >= 0.3 is 0 Å². The predicted octanol–water partition coefficient (Wildman–Crippen LogP) is 6.48. The highest BCUT2D eigenvalue weighted by Crippen LogP contribution is 2.36. The topological polar surface area (TPSA) is 9.23 Å². The van der Waals surface area contributed by atoms with E-state index < -0.39 is 8.32 Å². The molecule has 0 N–H and O–H groups in total. The fourth-order valence-corrected chi connectivity index (χ4v) is 2.60. The summed E-state index contributed by atoms with van der Waals surface area (Å²) < 4.78 is 13.9. The molecule has 0 saturated carbocycles. The van der Waals surface area contributed by atoms with Crippen LogP contribution in [0.1, 0.15) is 67.6 Å². The van der Waals surface area contributed by atoms with Crippen LogP contribution in [0.2, 0.25) is 18.1 Å². The Morgan fingerprint density at radius 1 is 1.05 bits per heavy atom. The second-order valence-corrected chi connectivity index (χ2v) is 11.8. The van der Waals surface area contributed by atoms with Crippen LogP contribution in [0.25, 0.3) is 0 Å². The van der Waals surface area contributed by atoms with Gasteiger partial charge in [0, 0.05) is 6.61 Å². The molecule has 20 heavy (non-hydrogen) atoms. The Bertz CT molecular complexity index is 327. The van der Waals surface area contributed by atoms with Gasteiger partial charge in [-0.1, -0.05) is 64.8 Å². The lowest BCUT2D eigenvalue weighted by molar-refractivity contribution is 0.294. The molecule has 0 saturated heterocycles. The smallest absolute Gasteiger partial charge is 0.191 e. The van der Waals surface area contributed by atoms with Crippen LogP contribution in [0.3, 0.4) is 0 Å². The minimum atomic E-state index is -1.59. The van der Waals surface area contributed by atoms with E-state index in [9.17, 15) is 0 Å². The van der Waals surface area contributed by atoms with Gasteiger partial charge in [0.25, 0.3) is 0 Å². The van der Waals surface area contributed by atoms with E-state index in [2.05, 4.69) is 52.9 Å². The normalized spacial score (nSPS) is 14.9. The van der Waals surface area contributed by atoms with Crippen LogP contribution in [0.15, 0.2) is 24.3 Å². The zero-order valence-corrected chi connectivity index (χ0v) is 15.6. The van der Waals surface area contributed by atoms with Crippen molar-refractivity contribution in [1.29, 1.82) is 0 Å². The molecule has 2 heteroatoms. The maximum atomic E-state index is 7.83. The highest BCUT2D eigenvalue weighted by atomic mass is 28.4. The van der Waals surface area contributed by atoms with Gasteiger partial charge in [0.15, 0.2) is 8.32 Å². The lowest BCUT2D eigenvalue weighted by atomic mass is 10.2. The van der Waals surface area contributed by atoms with E-state index in [0.717, 1.165) is 38.3 Å². The van der Waals surface area contributed by atoms with Crippen molar-refractivity contribution >= 4 is 8.32 Å². The molecular formula is C18H36OSi. The van der Waals surface area contributed by atoms with Crippen molar-refractivity contribution in [2.75, 3.05) is 6.61 Å². The van der Waals surface area contributed by atoms with E-state index in [0.29, 0.717) is 0 Å². The van der Waals surface area contributed by atoms with E-state index in [-0.39, 0.29) is 5.04 Å². The molecule has 0 rings (SSSR count). The summed E-state index contributed by atoms with van der Waals surface area (Å²) in [6, 6.07) is 0.783. The molecule has 0 aliphatic rings. The molecule has 0 spiro atoms. The predicted molar refractivity (Wildman–Crippen MR) is 94.8 cm³/mol. The summed E-state index contributed by atoms with van der Waals surface area (Å²) >= 11 is 0. The first-order valence-corrected chi connectivity index (χ1v) is 11.1. The molecule has 0 amide bonds. The molecule has 0 aromatic rings. The summed E-state index contributed by atoms with van der Waals surface area (Å²) in [5.74, 6) is 0. The van der Waals surface area contributed by atoms with Gasteiger partial charge in [-0.05, 0) is 43.8 Å². The first-order chi connectivity index (χ1) is 9.70. The lowest BCUT2D eigenvalue weighted by Crippen LogP contribution is -2.40. The molecule has 0 aliphatic carbocycles. The molecule has 0 heterocycles. The molecule has 0 bridgehead atoms. The van der Waals surface area contributed by atoms with E-state index >= 15 is 0 Å². The summed E-state index contributed by atoms with van der Waals surface area (Å²) in [6.07, 6.45) is 12.8. The Balaban J connectivity index is 3.81. The van der Waals surface area contributed by atoms with Gasteiger partial charge < -0.3 is 4.43 Å². The lowest BCUT2D eigenvalue weighted by Gasteiger charge is -2.36. The van der Waals surface area contributed by atoms with Crippen LogP contribution in [0, 0.1) is 0 Å². The van der Waals surface area contributed by atoms with Gasteiger partial charge in [0.1, 0.15) is 0 Å². The van der Waals surface area contributed by atoms with Crippen molar-refractivity contribution in [1.82, 2.24) is 0 Å². The molecule has 1 nitrogen and oxygen atoms in total. The highest BCUT2D eigenvalue weighted by Gasteiger charge is 2.36. The molecule has 0 aromatic carbocycles. The fraction of sp³-hybridized carbons (Fsp3) is 0.778. The van der Waals surface area contributed by atoms with Gasteiger partial charge in [0.05, 0.1) is 1.37 Å². The minimum absolute atomic E-state index is 0.290. The summed E-state index contributed by atoms with van der Waals surface area (Å²) in [5.41, 5.74) is 0. The number of rotatable bonds is 10. The minimum Gasteiger partial charge on any atom is -0.417 e. The van der Waals surface area contributed by atoms with Crippen molar-refractivity contribution < 1.29 is 5.80 Å². The summed E-state index contributed by atoms with van der Waals surface area (Å²) in [4.78, 5) is 0. The molecule has 0 unspecified atom stereocenters. The largest absolute Gasteiger partial charge is 0.417 e. The molecule has 0 atom stereocenters. The van der Waals surface area contributed by atoms with Crippen molar-refractivity contribution in [3.63, 3.8) is 0 Å². The second kappa shape index (κ2) is 10.4. The van der Waals surface area contributed by atoms with Gasteiger partial charge in [-0.3, -0.25) is 0 Å². The first kappa shape index (κ1) is 17.7. The number of unbranched alkanes of at least 4 members (excludes halogenated alkanes) is 2. The van der Waals surface area contributed by atoms with Crippen molar-refractivity contribution in [3.05, 3.63) is 24.3 Å². The quantitative estimate of drug-likeness (QED) is 0.255. The Hall–Kier alpha value is -0.343. The van der Waals surface area contributed by atoms with Crippen LogP contribution in [0.4, 0.5) is 0 Å². The first-order valence-electron chi connectivity index (χ1n) is 8.65. The van der Waals surface area contributed by atoms with Crippen molar-refractivity contribution in [2.45, 2.75) is 84.4 Å². The summed E-state index contributed by atoms with van der Waals surface area (Å²) in [7, 11) is -1.59. The van der Waals surface area contributed by atoms with E-state index in [1.165, 1.54) is 12.8 Å². The average molecular weight is 298 g/mol. The third kappa shape index (κ3) is 9.54. The molecular weight excluding hydrogens is 260 g/mol. The van der Waals surface area contributed by atoms with Crippen LogP contribution >= 0.6 is 0 Å². The van der Waals surface area contributed by atoms with E-state index in [1.807, 2.05) is 6.08 Å². The Kier molecular flexibility index (Phi) is 9.20. The summed E-state index contributed by atoms with van der Waals surface area (Å²) in [5, 5.41) is 0.290. The zero-order chi connectivity index (χ0) is 16.4.